The Kier molecular flexibility index (Phi) is 3.34. The molecule has 1 aliphatic heterocycles. The normalized spacial score (nSPS) is 21.9. The molecule has 18 heavy (non-hydrogen) atoms. The van der Waals surface area contributed by atoms with E-state index in [0.717, 1.165) is 13.0 Å². The Bertz CT molecular complexity index is 482. The van der Waals surface area contributed by atoms with E-state index in [1.807, 2.05) is 0 Å². The summed E-state index contributed by atoms with van der Waals surface area (Å²) in [7, 11) is 0. The predicted octanol–water partition coefficient (Wildman–Crippen LogP) is 3.82. The lowest BCUT2D eigenvalue weighted by atomic mass is 9.86. The first-order valence-corrected chi connectivity index (χ1v) is 6.68. The van der Waals surface area contributed by atoms with Crippen molar-refractivity contribution in [2.75, 3.05) is 11.4 Å². The van der Waals surface area contributed by atoms with Crippen molar-refractivity contribution < 1.29 is 0 Å². The van der Waals surface area contributed by atoms with E-state index >= 15 is 0 Å². The van der Waals surface area contributed by atoms with Gasteiger partial charge in [-0.1, -0.05) is 6.07 Å². The summed E-state index contributed by atoms with van der Waals surface area (Å²) in [5.74, 6) is 0.476. The lowest BCUT2D eigenvalue weighted by molar-refractivity contribution is 0.371. The molecule has 1 atom stereocenters. The van der Waals surface area contributed by atoms with E-state index < -0.39 is 0 Å². The molecule has 0 saturated carbocycles. The van der Waals surface area contributed by atoms with Crippen LogP contribution in [0.2, 0.25) is 0 Å². The highest BCUT2D eigenvalue weighted by molar-refractivity contribution is 5.53. The van der Waals surface area contributed by atoms with Crippen molar-refractivity contribution in [3.05, 3.63) is 29.3 Å². The molecule has 0 N–H and O–H groups in total. The van der Waals surface area contributed by atoms with Crippen LogP contribution in [0.5, 0.6) is 0 Å². The zero-order chi connectivity index (χ0) is 13.3. The Labute approximate surface area is 110 Å². The summed E-state index contributed by atoms with van der Waals surface area (Å²) < 4.78 is 0. The second-order valence-electron chi connectivity index (χ2n) is 5.92. The van der Waals surface area contributed by atoms with Gasteiger partial charge in [-0.3, -0.25) is 0 Å². The standard InChI is InChI=1S/C16H22N2/c1-12-5-6-15(11-13(12)2)18-10-8-14(7-9-17)16(18,3)4/h5-6,11,14H,7-8,10H2,1-4H3. The highest BCUT2D eigenvalue weighted by Gasteiger charge is 2.40. The number of aryl methyl sites for hydroxylation is 2. The van der Waals surface area contributed by atoms with Crippen molar-refractivity contribution in [2.24, 2.45) is 5.92 Å². The summed E-state index contributed by atoms with van der Waals surface area (Å²) in [6.07, 6.45) is 1.78. The van der Waals surface area contributed by atoms with Crippen molar-refractivity contribution >= 4 is 5.69 Å². The maximum absolute atomic E-state index is 8.93. The molecule has 0 aliphatic carbocycles. The zero-order valence-corrected chi connectivity index (χ0v) is 11.8. The highest BCUT2D eigenvalue weighted by atomic mass is 15.2. The van der Waals surface area contributed by atoms with Crippen LogP contribution in [0.15, 0.2) is 18.2 Å². The smallest absolute Gasteiger partial charge is 0.0625 e. The Morgan fingerprint density at radius 2 is 2.06 bits per heavy atom. The largest absolute Gasteiger partial charge is 0.366 e. The van der Waals surface area contributed by atoms with Gasteiger partial charge in [-0.05, 0) is 63.3 Å². The molecule has 1 heterocycles. The number of benzene rings is 1. The van der Waals surface area contributed by atoms with E-state index in [2.05, 4.69) is 56.9 Å². The summed E-state index contributed by atoms with van der Waals surface area (Å²) in [4.78, 5) is 2.46. The van der Waals surface area contributed by atoms with E-state index in [4.69, 9.17) is 5.26 Å². The van der Waals surface area contributed by atoms with Crippen LogP contribution in [-0.4, -0.2) is 12.1 Å². The fourth-order valence-electron chi connectivity index (χ4n) is 2.96. The van der Waals surface area contributed by atoms with Crippen molar-refractivity contribution in [1.29, 1.82) is 5.26 Å². The van der Waals surface area contributed by atoms with Crippen LogP contribution in [-0.2, 0) is 0 Å². The van der Waals surface area contributed by atoms with Gasteiger partial charge in [0.05, 0.1) is 6.07 Å². The van der Waals surface area contributed by atoms with Gasteiger partial charge in [0.15, 0.2) is 0 Å². The number of nitriles is 1. The molecule has 2 nitrogen and oxygen atoms in total. The first kappa shape index (κ1) is 13.0. The Morgan fingerprint density at radius 1 is 1.33 bits per heavy atom. The summed E-state index contributed by atoms with van der Waals surface area (Å²) in [5.41, 5.74) is 4.05. The van der Waals surface area contributed by atoms with Crippen LogP contribution >= 0.6 is 0 Å². The van der Waals surface area contributed by atoms with Crippen molar-refractivity contribution in [3.8, 4) is 6.07 Å². The molecule has 1 unspecified atom stereocenters. The highest BCUT2D eigenvalue weighted by Crippen LogP contribution is 2.40. The average Bonchev–Trinajstić information content (AvgIpc) is 2.60. The third kappa shape index (κ3) is 2.10. The van der Waals surface area contributed by atoms with E-state index in [1.165, 1.54) is 16.8 Å². The summed E-state index contributed by atoms with van der Waals surface area (Å²) in [5, 5.41) is 8.93. The second kappa shape index (κ2) is 4.65. The third-order valence-electron chi connectivity index (χ3n) is 4.54. The van der Waals surface area contributed by atoms with Gasteiger partial charge in [-0.15, -0.1) is 0 Å². The molecule has 0 radical (unpaired) electrons. The topological polar surface area (TPSA) is 27.0 Å². The molecule has 0 spiro atoms. The summed E-state index contributed by atoms with van der Waals surface area (Å²) in [6.45, 7) is 9.89. The van der Waals surface area contributed by atoms with Crippen molar-refractivity contribution in [3.63, 3.8) is 0 Å². The van der Waals surface area contributed by atoms with Gasteiger partial charge in [-0.25, -0.2) is 0 Å². The van der Waals surface area contributed by atoms with Gasteiger partial charge in [0, 0.05) is 24.2 Å². The lowest BCUT2D eigenvalue weighted by Crippen LogP contribution is -2.42. The fraction of sp³-hybridized carbons (Fsp3) is 0.562. The minimum Gasteiger partial charge on any atom is -0.366 e. The molecular weight excluding hydrogens is 220 g/mol. The second-order valence-corrected chi connectivity index (χ2v) is 5.92. The maximum Gasteiger partial charge on any atom is 0.0625 e. The maximum atomic E-state index is 8.93. The van der Waals surface area contributed by atoms with Gasteiger partial charge in [0.2, 0.25) is 0 Å². The quantitative estimate of drug-likeness (QED) is 0.788. The molecule has 1 aromatic rings. The minimum atomic E-state index is 0.0808. The molecule has 1 saturated heterocycles. The van der Waals surface area contributed by atoms with E-state index in [9.17, 15) is 0 Å². The summed E-state index contributed by atoms with van der Waals surface area (Å²) in [6, 6.07) is 9.00. The van der Waals surface area contributed by atoms with Gasteiger partial charge < -0.3 is 4.90 Å². The zero-order valence-electron chi connectivity index (χ0n) is 11.8. The monoisotopic (exact) mass is 242 g/mol. The Balaban J connectivity index is 2.29. The van der Waals surface area contributed by atoms with Crippen LogP contribution in [0.4, 0.5) is 5.69 Å². The number of nitrogens with zero attached hydrogens (tertiary/aromatic N) is 2. The Morgan fingerprint density at radius 3 is 2.67 bits per heavy atom. The first-order chi connectivity index (χ1) is 8.46. The van der Waals surface area contributed by atoms with Crippen LogP contribution < -0.4 is 4.90 Å². The minimum absolute atomic E-state index is 0.0808. The van der Waals surface area contributed by atoms with Crippen LogP contribution in [0, 0.1) is 31.1 Å². The summed E-state index contributed by atoms with van der Waals surface area (Å²) >= 11 is 0. The van der Waals surface area contributed by atoms with Crippen molar-refractivity contribution in [2.45, 2.75) is 46.1 Å². The Hall–Kier alpha value is -1.49. The molecule has 2 heteroatoms. The average molecular weight is 242 g/mol. The number of anilines is 1. The molecule has 0 amide bonds. The predicted molar refractivity (Wildman–Crippen MR) is 75.7 cm³/mol. The lowest BCUT2D eigenvalue weighted by Gasteiger charge is -2.37. The molecular formula is C16H22N2. The molecule has 0 aromatic heterocycles. The molecule has 1 aromatic carbocycles. The van der Waals surface area contributed by atoms with E-state index in [-0.39, 0.29) is 5.54 Å². The van der Waals surface area contributed by atoms with E-state index in [1.54, 1.807) is 0 Å². The first-order valence-electron chi connectivity index (χ1n) is 6.68. The molecule has 96 valence electrons. The molecule has 2 rings (SSSR count). The van der Waals surface area contributed by atoms with Gasteiger partial charge in [-0.2, -0.15) is 5.26 Å². The SMILES string of the molecule is Cc1ccc(N2CCC(CC#N)C2(C)C)cc1C. The number of hydrogen-bond acceptors (Lipinski definition) is 2. The van der Waals surface area contributed by atoms with Crippen molar-refractivity contribution in [1.82, 2.24) is 0 Å². The molecule has 1 fully saturated rings. The van der Waals surface area contributed by atoms with Crippen LogP contribution in [0.25, 0.3) is 0 Å². The number of hydrogen-bond donors (Lipinski definition) is 0. The van der Waals surface area contributed by atoms with Crippen LogP contribution in [0.3, 0.4) is 0 Å². The van der Waals surface area contributed by atoms with Crippen LogP contribution in [0.1, 0.15) is 37.8 Å². The van der Waals surface area contributed by atoms with Gasteiger partial charge in [0.25, 0.3) is 0 Å². The van der Waals surface area contributed by atoms with Gasteiger partial charge >= 0.3 is 0 Å². The fourth-order valence-corrected chi connectivity index (χ4v) is 2.96. The number of rotatable bonds is 2. The third-order valence-corrected chi connectivity index (χ3v) is 4.54. The van der Waals surface area contributed by atoms with Gasteiger partial charge in [0.1, 0.15) is 0 Å². The van der Waals surface area contributed by atoms with E-state index in [0.29, 0.717) is 12.3 Å². The molecule has 1 aliphatic rings. The molecule has 0 bridgehead atoms.